The van der Waals surface area contributed by atoms with Gasteiger partial charge in [-0.3, -0.25) is 0 Å². The minimum Gasteiger partial charge on any atom is -0.313 e. The van der Waals surface area contributed by atoms with Crippen molar-refractivity contribution in [1.29, 1.82) is 0 Å². The molecule has 2 aromatic rings. The van der Waals surface area contributed by atoms with Gasteiger partial charge in [-0.2, -0.15) is 0 Å². The molecule has 2 heteroatoms. The number of nitrogens with one attached hydrogen (secondary N) is 1. The fourth-order valence-corrected chi connectivity index (χ4v) is 2.17. The highest BCUT2D eigenvalue weighted by molar-refractivity contribution is 6.30. The van der Waals surface area contributed by atoms with Crippen LogP contribution in [0.3, 0.4) is 0 Å². The molecule has 94 valence electrons. The molecule has 1 atom stereocenters. The van der Waals surface area contributed by atoms with E-state index >= 15 is 0 Å². The molecule has 0 heterocycles. The number of hydrogen-bond acceptors (Lipinski definition) is 1. The lowest BCUT2D eigenvalue weighted by Gasteiger charge is -2.17. The Morgan fingerprint density at radius 3 is 2.17 bits per heavy atom. The van der Waals surface area contributed by atoms with E-state index in [0.717, 1.165) is 11.4 Å². The van der Waals surface area contributed by atoms with Crippen molar-refractivity contribution < 1.29 is 0 Å². The van der Waals surface area contributed by atoms with Gasteiger partial charge >= 0.3 is 0 Å². The van der Waals surface area contributed by atoms with Crippen molar-refractivity contribution in [2.75, 3.05) is 7.05 Å². The van der Waals surface area contributed by atoms with E-state index in [4.69, 9.17) is 11.6 Å². The lowest BCUT2D eigenvalue weighted by Crippen LogP contribution is -2.18. The van der Waals surface area contributed by atoms with E-state index in [1.165, 1.54) is 16.7 Å². The highest BCUT2D eigenvalue weighted by Gasteiger charge is 2.09. The molecule has 0 radical (unpaired) electrons. The van der Waals surface area contributed by atoms with E-state index in [0.29, 0.717) is 6.04 Å². The second kappa shape index (κ2) is 6.03. The van der Waals surface area contributed by atoms with Crippen molar-refractivity contribution in [3.63, 3.8) is 0 Å². The van der Waals surface area contributed by atoms with Crippen LogP contribution in [0.5, 0.6) is 0 Å². The summed E-state index contributed by atoms with van der Waals surface area (Å²) in [5.74, 6) is 0. The van der Waals surface area contributed by atoms with Crippen molar-refractivity contribution in [2.24, 2.45) is 0 Å². The molecule has 0 saturated heterocycles. The fraction of sp³-hybridized carbons (Fsp3) is 0.250. The Hall–Kier alpha value is -1.31. The molecule has 18 heavy (non-hydrogen) atoms. The minimum absolute atomic E-state index is 0.340. The maximum atomic E-state index is 5.90. The molecule has 0 aliphatic heterocycles. The van der Waals surface area contributed by atoms with E-state index < -0.39 is 0 Å². The van der Waals surface area contributed by atoms with Gasteiger partial charge < -0.3 is 5.32 Å². The smallest absolute Gasteiger partial charge is 0.0406 e. The first kappa shape index (κ1) is 13.1. The first-order chi connectivity index (χ1) is 8.69. The average molecular weight is 260 g/mol. The molecule has 0 aliphatic carbocycles. The van der Waals surface area contributed by atoms with E-state index in [1.807, 2.05) is 19.2 Å². The predicted molar refractivity (Wildman–Crippen MR) is 78.1 cm³/mol. The number of halogens is 1. The summed E-state index contributed by atoms with van der Waals surface area (Å²) in [6.45, 7) is 2.11. The monoisotopic (exact) mass is 259 g/mol. The van der Waals surface area contributed by atoms with E-state index in [1.54, 1.807) is 0 Å². The number of hydrogen-bond donors (Lipinski definition) is 1. The molecule has 2 aromatic carbocycles. The molecule has 0 aliphatic rings. The summed E-state index contributed by atoms with van der Waals surface area (Å²) in [4.78, 5) is 0. The van der Waals surface area contributed by atoms with E-state index in [9.17, 15) is 0 Å². The third-order valence-corrected chi connectivity index (χ3v) is 3.43. The van der Waals surface area contributed by atoms with Gasteiger partial charge in [0.25, 0.3) is 0 Å². The van der Waals surface area contributed by atoms with Crippen molar-refractivity contribution in [3.05, 3.63) is 70.2 Å². The minimum atomic E-state index is 0.340. The largest absolute Gasteiger partial charge is 0.313 e. The zero-order valence-electron chi connectivity index (χ0n) is 10.8. The molecule has 0 amide bonds. The molecule has 0 aromatic heterocycles. The van der Waals surface area contributed by atoms with Crippen LogP contribution in [-0.4, -0.2) is 7.05 Å². The first-order valence-electron chi connectivity index (χ1n) is 6.17. The Kier molecular flexibility index (Phi) is 4.40. The van der Waals surface area contributed by atoms with Crippen LogP contribution >= 0.6 is 11.6 Å². The summed E-state index contributed by atoms with van der Waals surface area (Å²) >= 11 is 5.90. The Morgan fingerprint density at radius 2 is 1.61 bits per heavy atom. The Morgan fingerprint density at radius 1 is 1.00 bits per heavy atom. The molecular formula is C16H18ClN. The zero-order valence-corrected chi connectivity index (χ0v) is 11.5. The van der Waals surface area contributed by atoms with Gasteiger partial charge in [-0.1, -0.05) is 53.6 Å². The predicted octanol–water partition coefficient (Wildman–Crippen LogP) is 4.15. The van der Waals surface area contributed by atoms with Crippen molar-refractivity contribution in [2.45, 2.75) is 19.4 Å². The Balaban J connectivity index is 2.14. The normalized spacial score (nSPS) is 12.4. The average Bonchev–Trinajstić information content (AvgIpc) is 2.39. The third kappa shape index (κ3) is 3.34. The van der Waals surface area contributed by atoms with Crippen LogP contribution in [0.2, 0.25) is 5.02 Å². The second-order valence-corrected chi connectivity index (χ2v) is 5.02. The van der Waals surface area contributed by atoms with Gasteiger partial charge in [-0.15, -0.1) is 0 Å². The Labute approximate surface area is 114 Å². The van der Waals surface area contributed by atoms with Crippen molar-refractivity contribution >= 4 is 11.6 Å². The fourth-order valence-electron chi connectivity index (χ4n) is 2.04. The maximum absolute atomic E-state index is 5.90. The second-order valence-electron chi connectivity index (χ2n) is 4.58. The first-order valence-corrected chi connectivity index (χ1v) is 6.55. The van der Waals surface area contributed by atoms with Crippen LogP contribution in [0.4, 0.5) is 0 Å². The Bertz CT molecular complexity index is 488. The van der Waals surface area contributed by atoms with Gasteiger partial charge in [-0.25, -0.2) is 0 Å². The lowest BCUT2D eigenvalue weighted by atomic mass is 9.98. The summed E-state index contributed by atoms with van der Waals surface area (Å²) < 4.78 is 0. The van der Waals surface area contributed by atoms with Gasteiger partial charge in [0.2, 0.25) is 0 Å². The summed E-state index contributed by atoms with van der Waals surface area (Å²) in [5, 5.41) is 4.16. The third-order valence-electron chi connectivity index (χ3n) is 3.18. The van der Waals surface area contributed by atoms with Crippen LogP contribution in [0.15, 0.2) is 48.5 Å². The van der Waals surface area contributed by atoms with Gasteiger partial charge in [0, 0.05) is 11.1 Å². The molecule has 1 N–H and O–H groups in total. The van der Waals surface area contributed by atoms with Crippen LogP contribution in [-0.2, 0) is 6.42 Å². The van der Waals surface area contributed by atoms with Gasteiger partial charge in [-0.05, 0) is 43.7 Å². The highest BCUT2D eigenvalue weighted by atomic mass is 35.5. The van der Waals surface area contributed by atoms with Gasteiger partial charge in [0.05, 0.1) is 0 Å². The maximum Gasteiger partial charge on any atom is 0.0406 e. The SMILES string of the molecule is CNC(Cc1ccc(Cl)cc1)c1ccc(C)cc1. The van der Waals surface area contributed by atoms with Gasteiger partial charge in [0.1, 0.15) is 0 Å². The summed E-state index contributed by atoms with van der Waals surface area (Å²) in [6, 6.07) is 17.1. The molecule has 2 rings (SSSR count). The summed E-state index contributed by atoms with van der Waals surface area (Å²) in [6.07, 6.45) is 0.969. The number of likely N-dealkylation sites (N-methyl/N-ethyl adjacent to an activating group) is 1. The number of rotatable bonds is 4. The zero-order chi connectivity index (χ0) is 13.0. The molecular weight excluding hydrogens is 242 g/mol. The number of benzene rings is 2. The van der Waals surface area contributed by atoms with Crippen LogP contribution in [0.25, 0.3) is 0 Å². The number of aryl methyl sites for hydroxylation is 1. The van der Waals surface area contributed by atoms with Gasteiger partial charge in [0.15, 0.2) is 0 Å². The molecule has 1 nitrogen and oxygen atoms in total. The van der Waals surface area contributed by atoms with Crippen LogP contribution < -0.4 is 5.32 Å². The van der Waals surface area contributed by atoms with E-state index in [2.05, 4.69) is 48.6 Å². The molecule has 1 unspecified atom stereocenters. The quantitative estimate of drug-likeness (QED) is 0.870. The highest BCUT2D eigenvalue weighted by Crippen LogP contribution is 2.20. The molecule has 0 fully saturated rings. The van der Waals surface area contributed by atoms with Crippen LogP contribution in [0.1, 0.15) is 22.7 Å². The lowest BCUT2D eigenvalue weighted by molar-refractivity contribution is 0.592. The molecule has 0 bridgehead atoms. The van der Waals surface area contributed by atoms with Crippen molar-refractivity contribution in [3.8, 4) is 0 Å². The van der Waals surface area contributed by atoms with E-state index in [-0.39, 0.29) is 0 Å². The van der Waals surface area contributed by atoms with Crippen LogP contribution in [0, 0.1) is 6.92 Å². The molecule has 0 spiro atoms. The van der Waals surface area contributed by atoms with Crippen molar-refractivity contribution in [1.82, 2.24) is 5.32 Å². The molecule has 0 saturated carbocycles. The topological polar surface area (TPSA) is 12.0 Å². The summed E-state index contributed by atoms with van der Waals surface area (Å²) in [5.41, 5.74) is 3.90. The summed E-state index contributed by atoms with van der Waals surface area (Å²) in [7, 11) is 2.00. The standard InChI is InChI=1S/C16H18ClN/c1-12-3-7-14(8-4-12)16(18-2)11-13-5-9-15(17)10-6-13/h3-10,16,18H,11H2,1-2H3.